The van der Waals surface area contributed by atoms with E-state index in [4.69, 9.17) is 4.74 Å². The van der Waals surface area contributed by atoms with E-state index in [-0.39, 0.29) is 5.82 Å². The van der Waals surface area contributed by atoms with Gasteiger partial charge < -0.3 is 4.74 Å². The average molecular weight is 373 g/mol. The van der Waals surface area contributed by atoms with Crippen LogP contribution in [-0.2, 0) is 11.3 Å². The van der Waals surface area contributed by atoms with Crippen molar-refractivity contribution in [1.29, 1.82) is 0 Å². The molecule has 2 aliphatic carbocycles. The molecule has 2 saturated carbocycles. The van der Waals surface area contributed by atoms with Crippen molar-refractivity contribution in [2.24, 2.45) is 17.8 Å². The van der Waals surface area contributed by atoms with Crippen LogP contribution < -0.4 is 0 Å². The predicted molar refractivity (Wildman–Crippen MR) is 111 cm³/mol. The zero-order valence-corrected chi connectivity index (χ0v) is 17.3. The first-order chi connectivity index (χ1) is 13.2. The largest absolute Gasteiger partial charge is 0.377 e. The summed E-state index contributed by atoms with van der Waals surface area (Å²) >= 11 is 0. The lowest BCUT2D eigenvalue weighted by atomic mass is 9.68. The zero-order valence-electron chi connectivity index (χ0n) is 17.3. The maximum absolute atomic E-state index is 14.3. The molecule has 2 aliphatic rings. The topological polar surface area (TPSA) is 9.23 Å². The van der Waals surface area contributed by atoms with Gasteiger partial charge in [0.2, 0.25) is 0 Å². The van der Waals surface area contributed by atoms with Crippen LogP contribution in [0.4, 0.5) is 4.39 Å². The summed E-state index contributed by atoms with van der Waals surface area (Å²) in [4.78, 5) is 0. The standard InChI is InChI=1S/C25H37FO/c1-3-5-6-19-7-9-20(10-8-19)21-11-13-22(14-12-21)23-15-16-24(18-27-4-2)25(26)17-23/h5-6,15-17,19-22H,3-4,7-14,18H2,1-2H3/b6-5+. The Bertz CT molecular complexity index is 592. The number of halogens is 1. The van der Waals surface area contributed by atoms with Crippen LogP contribution in [0.2, 0.25) is 0 Å². The highest BCUT2D eigenvalue weighted by molar-refractivity contribution is 5.27. The summed E-state index contributed by atoms with van der Waals surface area (Å²) in [5.74, 6) is 3.11. The summed E-state index contributed by atoms with van der Waals surface area (Å²) in [7, 11) is 0. The molecule has 27 heavy (non-hydrogen) atoms. The molecule has 3 rings (SSSR count). The molecule has 2 heteroatoms. The first kappa shape index (κ1) is 20.6. The van der Waals surface area contributed by atoms with E-state index >= 15 is 0 Å². The van der Waals surface area contributed by atoms with Crippen LogP contribution in [0, 0.1) is 23.6 Å². The number of allylic oxidation sites excluding steroid dienone is 2. The first-order valence-corrected chi connectivity index (χ1v) is 11.2. The van der Waals surface area contributed by atoms with Crippen molar-refractivity contribution in [2.45, 2.75) is 84.2 Å². The molecule has 0 atom stereocenters. The molecule has 0 bridgehead atoms. The van der Waals surface area contributed by atoms with E-state index < -0.39 is 0 Å². The Balaban J connectivity index is 1.48. The van der Waals surface area contributed by atoms with Crippen molar-refractivity contribution in [2.75, 3.05) is 6.61 Å². The Labute approximate surface area is 165 Å². The van der Waals surface area contributed by atoms with Crippen LogP contribution in [0.1, 0.15) is 88.7 Å². The molecule has 1 nitrogen and oxygen atoms in total. The Morgan fingerprint density at radius 1 is 0.963 bits per heavy atom. The highest BCUT2D eigenvalue weighted by atomic mass is 19.1. The quantitative estimate of drug-likeness (QED) is 0.453. The predicted octanol–water partition coefficient (Wildman–Crippen LogP) is 7.41. The Hall–Kier alpha value is -1.15. The van der Waals surface area contributed by atoms with E-state index in [1.165, 1.54) is 56.9 Å². The lowest BCUT2D eigenvalue weighted by molar-refractivity contribution is 0.131. The lowest BCUT2D eigenvalue weighted by Gasteiger charge is -2.37. The second-order valence-corrected chi connectivity index (χ2v) is 8.61. The van der Waals surface area contributed by atoms with Crippen LogP contribution in [0.3, 0.4) is 0 Å². The van der Waals surface area contributed by atoms with Crippen LogP contribution >= 0.6 is 0 Å². The SMILES string of the molecule is CC/C=C/C1CCC(C2CCC(c3ccc(COCC)c(F)c3)CC2)CC1. The second-order valence-electron chi connectivity index (χ2n) is 8.61. The molecular formula is C25H37FO. The lowest BCUT2D eigenvalue weighted by Crippen LogP contribution is -2.25. The fraction of sp³-hybridized carbons (Fsp3) is 0.680. The van der Waals surface area contributed by atoms with Gasteiger partial charge >= 0.3 is 0 Å². The molecule has 1 aromatic rings. The van der Waals surface area contributed by atoms with Gasteiger partial charge in [0.1, 0.15) is 5.82 Å². The number of rotatable bonds is 7. The van der Waals surface area contributed by atoms with Crippen molar-refractivity contribution in [3.05, 3.63) is 47.3 Å². The minimum atomic E-state index is -0.0958. The smallest absolute Gasteiger partial charge is 0.129 e. The highest BCUT2D eigenvalue weighted by Gasteiger charge is 2.30. The van der Waals surface area contributed by atoms with E-state index in [1.54, 1.807) is 6.07 Å². The monoisotopic (exact) mass is 372 g/mol. The van der Waals surface area contributed by atoms with Crippen LogP contribution in [-0.4, -0.2) is 6.61 Å². The van der Waals surface area contributed by atoms with Gasteiger partial charge in [0, 0.05) is 12.2 Å². The van der Waals surface area contributed by atoms with Gasteiger partial charge in [-0.3, -0.25) is 0 Å². The van der Waals surface area contributed by atoms with E-state index in [9.17, 15) is 4.39 Å². The fourth-order valence-electron chi connectivity index (χ4n) is 5.21. The fourth-order valence-corrected chi connectivity index (χ4v) is 5.21. The van der Waals surface area contributed by atoms with Gasteiger partial charge in [-0.15, -0.1) is 0 Å². The summed E-state index contributed by atoms with van der Waals surface area (Å²) in [6.07, 6.45) is 16.7. The maximum Gasteiger partial charge on any atom is 0.129 e. The molecule has 0 saturated heterocycles. The molecule has 0 aliphatic heterocycles. The van der Waals surface area contributed by atoms with E-state index in [2.05, 4.69) is 25.1 Å². The number of hydrogen-bond donors (Lipinski definition) is 0. The van der Waals surface area contributed by atoms with Gasteiger partial charge in [-0.25, -0.2) is 4.39 Å². The number of ether oxygens (including phenoxy) is 1. The van der Waals surface area contributed by atoms with Crippen LogP contribution in [0.15, 0.2) is 30.4 Å². The molecule has 1 aromatic carbocycles. The van der Waals surface area contributed by atoms with E-state index in [0.29, 0.717) is 24.7 Å². The van der Waals surface area contributed by atoms with Gasteiger partial charge in [0.15, 0.2) is 0 Å². The highest BCUT2D eigenvalue weighted by Crippen LogP contribution is 2.44. The maximum atomic E-state index is 14.3. The molecule has 0 radical (unpaired) electrons. The Kier molecular flexibility index (Phi) is 7.93. The normalized spacial score (nSPS) is 29.3. The van der Waals surface area contributed by atoms with Gasteiger partial charge in [-0.2, -0.15) is 0 Å². The summed E-state index contributed by atoms with van der Waals surface area (Å²) < 4.78 is 19.7. The molecule has 150 valence electrons. The average Bonchev–Trinajstić information content (AvgIpc) is 2.72. The van der Waals surface area contributed by atoms with Crippen molar-refractivity contribution in [3.63, 3.8) is 0 Å². The van der Waals surface area contributed by atoms with Gasteiger partial charge in [0.05, 0.1) is 6.61 Å². The molecule has 0 aromatic heterocycles. The second kappa shape index (κ2) is 10.4. The third-order valence-electron chi connectivity index (χ3n) is 6.91. The van der Waals surface area contributed by atoms with Gasteiger partial charge in [0.25, 0.3) is 0 Å². The van der Waals surface area contributed by atoms with Gasteiger partial charge in [-0.05, 0) is 100 Å². The molecule has 2 fully saturated rings. The van der Waals surface area contributed by atoms with Crippen molar-refractivity contribution < 1.29 is 9.13 Å². The molecule has 0 N–H and O–H groups in total. The summed E-state index contributed by atoms with van der Waals surface area (Å²) in [6.45, 7) is 5.17. The summed E-state index contributed by atoms with van der Waals surface area (Å²) in [5.41, 5.74) is 1.88. The van der Waals surface area contributed by atoms with Crippen molar-refractivity contribution in [1.82, 2.24) is 0 Å². The van der Waals surface area contributed by atoms with E-state index in [1.807, 2.05) is 13.0 Å². The Morgan fingerprint density at radius 3 is 2.22 bits per heavy atom. The summed E-state index contributed by atoms with van der Waals surface area (Å²) in [5, 5.41) is 0. The molecule has 0 amide bonds. The third kappa shape index (κ3) is 5.67. The summed E-state index contributed by atoms with van der Waals surface area (Å²) in [6, 6.07) is 5.83. The third-order valence-corrected chi connectivity index (χ3v) is 6.91. The molecule has 0 spiro atoms. The zero-order chi connectivity index (χ0) is 19.1. The first-order valence-electron chi connectivity index (χ1n) is 11.2. The van der Waals surface area contributed by atoms with Crippen LogP contribution in [0.5, 0.6) is 0 Å². The Morgan fingerprint density at radius 2 is 1.63 bits per heavy atom. The number of hydrogen-bond acceptors (Lipinski definition) is 1. The van der Waals surface area contributed by atoms with E-state index in [0.717, 1.165) is 24.2 Å². The van der Waals surface area contributed by atoms with Crippen molar-refractivity contribution >= 4 is 0 Å². The minimum Gasteiger partial charge on any atom is -0.377 e. The molecule has 0 unspecified atom stereocenters. The molecular weight excluding hydrogens is 335 g/mol. The van der Waals surface area contributed by atoms with Crippen molar-refractivity contribution in [3.8, 4) is 0 Å². The minimum absolute atomic E-state index is 0.0958. The number of benzene rings is 1. The van der Waals surface area contributed by atoms with Crippen LogP contribution in [0.25, 0.3) is 0 Å². The van der Waals surface area contributed by atoms with Gasteiger partial charge in [-0.1, -0.05) is 31.2 Å². The molecule has 0 heterocycles.